The van der Waals surface area contributed by atoms with Gasteiger partial charge in [-0.25, -0.2) is 0 Å². The number of rotatable bonds is 6. The fourth-order valence-electron chi connectivity index (χ4n) is 3.03. The van der Waals surface area contributed by atoms with Crippen molar-refractivity contribution in [2.75, 3.05) is 27.2 Å². The second kappa shape index (κ2) is 7.42. The van der Waals surface area contributed by atoms with E-state index in [1.54, 1.807) is 14.2 Å². The summed E-state index contributed by atoms with van der Waals surface area (Å²) in [6, 6.07) is 7.20. The van der Waals surface area contributed by atoms with E-state index >= 15 is 0 Å². The van der Waals surface area contributed by atoms with E-state index in [9.17, 15) is 18.0 Å². The Kier molecular flexibility index (Phi) is 5.74. The number of amides is 1. The zero-order valence-electron chi connectivity index (χ0n) is 14.1. The molecule has 1 heterocycles. The van der Waals surface area contributed by atoms with E-state index in [2.05, 4.69) is 0 Å². The number of hydrogen-bond donors (Lipinski definition) is 0. The number of methoxy groups -OCH3 is 1. The Balaban J connectivity index is 1.95. The van der Waals surface area contributed by atoms with E-state index in [1.165, 1.54) is 0 Å². The summed E-state index contributed by atoms with van der Waals surface area (Å²) >= 11 is 0. The van der Waals surface area contributed by atoms with E-state index < -0.39 is 24.7 Å². The van der Waals surface area contributed by atoms with E-state index in [4.69, 9.17) is 4.74 Å². The fourth-order valence-corrected chi connectivity index (χ4v) is 3.03. The molecule has 0 aliphatic carbocycles. The van der Waals surface area contributed by atoms with Gasteiger partial charge in [-0.1, -0.05) is 12.1 Å². The first kappa shape index (κ1) is 18.6. The topological polar surface area (TPSA) is 32.8 Å². The molecule has 1 aromatic carbocycles. The first-order valence-corrected chi connectivity index (χ1v) is 7.91. The van der Waals surface area contributed by atoms with Crippen LogP contribution in [0.5, 0.6) is 5.75 Å². The minimum absolute atomic E-state index is 0.0400. The third-order valence-corrected chi connectivity index (χ3v) is 4.52. The van der Waals surface area contributed by atoms with Crippen molar-refractivity contribution in [3.8, 4) is 5.75 Å². The summed E-state index contributed by atoms with van der Waals surface area (Å²) in [5, 5.41) is 0. The summed E-state index contributed by atoms with van der Waals surface area (Å²) < 4.78 is 42.6. The Labute approximate surface area is 140 Å². The Bertz CT molecular complexity index is 560. The van der Waals surface area contributed by atoms with Crippen molar-refractivity contribution < 1.29 is 22.7 Å². The van der Waals surface area contributed by atoms with Gasteiger partial charge in [0.1, 0.15) is 12.3 Å². The minimum atomic E-state index is -4.35. The summed E-state index contributed by atoms with van der Waals surface area (Å²) in [5.41, 5.74) is 1.09. The van der Waals surface area contributed by atoms with Crippen LogP contribution in [-0.4, -0.2) is 61.2 Å². The summed E-state index contributed by atoms with van der Waals surface area (Å²) in [5.74, 6) is 0.338. The number of halogens is 3. The van der Waals surface area contributed by atoms with Crippen LogP contribution in [0, 0.1) is 0 Å². The maximum Gasteiger partial charge on any atom is 0.406 e. The Morgan fingerprint density at radius 2 is 1.96 bits per heavy atom. The van der Waals surface area contributed by atoms with Crippen LogP contribution in [0.1, 0.15) is 18.9 Å². The van der Waals surface area contributed by atoms with Crippen molar-refractivity contribution >= 4 is 5.91 Å². The van der Waals surface area contributed by atoms with E-state index in [0.717, 1.165) is 16.2 Å². The van der Waals surface area contributed by atoms with Crippen molar-refractivity contribution in [1.82, 2.24) is 9.80 Å². The summed E-state index contributed by atoms with van der Waals surface area (Å²) in [7, 11) is 3.40. The molecule has 0 saturated carbocycles. The third kappa shape index (κ3) is 4.63. The number of alkyl halides is 3. The van der Waals surface area contributed by atoms with Crippen molar-refractivity contribution in [3.05, 3.63) is 29.8 Å². The molecular formula is C17H23F3N2O2. The highest BCUT2D eigenvalue weighted by molar-refractivity contribution is 5.84. The van der Waals surface area contributed by atoms with Gasteiger partial charge < -0.3 is 9.64 Å². The molecule has 0 bridgehead atoms. The first-order chi connectivity index (χ1) is 11.2. The smallest absolute Gasteiger partial charge is 0.406 e. The quantitative estimate of drug-likeness (QED) is 0.795. The second-order valence-corrected chi connectivity index (χ2v) is 6.25. The second-order valence-electron chi connectivity index (χ2n) is 6.25. The molecule has 1 aromatic rings. The van der Waals surface area contributed by atoms with Crippen molar-refractivity contribution in [2.45, 2.75) is 38.0 Å². The molecule has 0 radical (unpaired) electrons. The number of carbonyl (C=O) groups is 1. The number of nitrogens with zero attached hydrogens (tertiary/aromatic N) is 2. The lowest BCUT2D eigenvalue weighted by molar-refractivity contribution is -0.159. The summed E-state index contributed by atoms with van der Waals surface area (Å²) in [6.07, 6.45) is -3.21. The predicted octanol–water partition coefficient (Wildman–Crippen LogP) is 2.72. The largest absolute Gasteiger partial charge is 0.497 e. The molecule has 2 rings (SSSR count). The average Bonchev–Trinajstić information content (AvgIpc) is 2.86. The van der Waals surface area contributed by atoms with E-state index in [1.807, 2.05) is 36.1 Å². The van der Waals surface area contributed by atoms with Crippen LogP contribution in [0.15, 0.2) is 24.3 Å². The van der Waals surface area contributed by atoms with Crippen LogP contribution in [-0.2, 0) is 11.2 Å². The standard InChI is InChI=1S/C17H23F3N2O2/c1-12(10-13-4-6-14(24-3)7-5-13)21(2)15-8-9-22(16(15)23)11-17(18,19)20/h4-7,12,15H,8-11H2,1-3H3/t12-,15+/m0/s1. The summed E-state index contributed by atoms with van der Waals surface area (Å²) in [6.45, 7) is 0.968. The maximum absolute atomic E-state index is 12.5. The molecule has 0 N–H and O–H groups in total. The first-order valence-electron chi connectivity index (χ1n) is 7.91. The van der Waals surface area contributed by atoms with Crippen molar-refractivity contribution in [3.63, 3.8) is 0 Å². The van der Waals surface area contributed by atoms with Gasteiger partial charge in [0.05, 0.1) is 13.2 Å². The lowest BCUT2D eigenvalue weighted by Gasteiger charge is -2.30. The molecule has 0 aromatic heterocycles. The zero-order chi connectivity index (χ0) is 17.9. The highest BCUT2D eigenvalue weighted by Crippen LogP contribution is 2.24. The number of hydrogen-bond acceptors (Lipinski definition) is 3. The van der Waals surface area contributed by atoms with Crippen molar-refractivity contribution in [1.29, 1.82) is 0 Å². The van der Waals surface area contributed by atoms with Crippen LogP contribution in [0.25, 0.3) is 0 Å². The normalized spacial score (nSPS) is 19.9. The van der Waals surface area contributed by atoms with E-state index in [-0.39, 0.29) is 12.6 Å². The average molecular weight is 344 g/mol. The molecule has 4 nitrogen and oxygen atoms in total. The van der Waals surface area contributed by atoms with Crippen LogP contribution >= 0.6 is 0 Å². The van der Waals surface area contributed by atoms with Gasteiger partial charge in [-0.3, -0.25) is 9.69 Å². The Hall–Kier alpha value is -1.76. The highest BCUT2D eigenvalue weighted by atomic mass is 19.4. The van der Waals surface area contributed by atoms with Gasteiger partial charge in [0.15, 0.2) is 0 Å². The molecule has 1 aliphatic rings. The Morgan fingerprint density at radius 3 is 2.50 bits per heavy atom. The van der Waals surface area contributed by atoms with Gasteiger partial charge >= 0.3 is 6.18 Å². The molecule has 2 atom stereocenters. The molecule has 0 spiro atoms. The minimum Gasteiger partial charge on any atom is -0.497 e. The third-order valence-electron chi connectivity index (χ3n) is 4.52. The molecule has 0 unspecified atom stereocenters. The maximum atomic E-state index is 12.5. The fraction of sp³-hybridized carbons (Fsp3) is 0.588. The van der Waals surface area contributed by atoms with Crippen LogP contribution < -0.4 is 4.74 Å². The van der Waals surface area contributed by atoms with Gasteiger partial charge in [-0.05, 0) is 44.5 Å². The lowest BCUT2D eigenvalue weighted by atomic mass is 10.0. The molecule has 1 fully saturated rings. The molecular weight excluding hydrogens is 321 g/mol. The van der Waals surface area contributed by atoms with E-state index in [0.29, 0.717) is 12.8 Å². The Morgan fingerprint density at radius 1 is 1.33 bits per heavy atom. The zero-order valence-corrected chi connectivity index (χ0v) is 14.1. The number of ether oxygens (including phenoxy) is 1. The molecule has 1 amide bonds. The molecule has 134 valence electrons. The van der Waals surface area contributed by atoms with Crippen molar-refractivity contribution in [2.24, 2.45) is 0 Å². The monoisotopic (exact) mass is 344 g/mol. The van der Waals surface area contributed by atoms with Crippen LogP contribution in [0.3, 0.4) is 0 Å². The number of benzene rings is 1. The number of likely N-dealkylation sites (N-methyl/N-ethyl adjacent to an activating group) is 1. The highest BCUT2D eigenvalue weighted by Gasteiger charge is 2.41. The van der Waals surface area contributed by atoms with Gasteiger partial charge in [-0.2, -0.15) is 13.2 Å². The predicted molar refractivity (Wildman–Crippen MR) is 85.0 cm³/mol. The molecule has 24 heavy (non-hydrogen) atoms. The van der Waals surface area contributed by atoms with Crippen LogP contribution in [0.2, 0.25) is 0 Å². The molecule has 1 saturated heterocycles. The molecule has 1 aliphatic heterocycles. The SMILES string of the molecule is COc1ccc(C[C@H](C)N(C)[C@@H]2CCN(CC(F)(F)F)C2=O)cc1. The number of carbonyl (C=O) groups excluding carboxylic acids is 1. The van der Waals surface area contributed by atoms with Gasteiger partial charge in [-0.15, -0.1) is 0 Å². The molecule has 7 heteroatoms. The van der Waals surface area contributed by atoms with Gasteiger partial charge in [0.2, 0.25) is 5.91 Å². The van der Waals surface area contributed by atoms with Crippen LogP contribution in [0.4, 0.5) is 13.2 Å². The number of likely N-dealkylation sites (tertiary alicyclic amines) is 1. The van der Waals surface area contributed by atoms with Gasteiger partial charge in [0, 0.05) is 12.6 Å². The lowest BCUT2D eigenvalue weighted by Crippen LogP contribution is -2.46. The summed E-state index contributed by atoms with van der Waals surface area (Å²) in [4.78, 5) is 15.0. The van der Waals surface area contributed by atoms with Gasteiger partial charge in [0.25, 0.3) is 0 Å².